The van der Waals surface area contributed by atoms with Gasteiger partial charge in [-0.05, 0) is 25.1 Å². The lowest BCUT2D eigenvalue weighted by Crippen LogP contribution is -2.11. The summed E-state index contributed by atoms with van der Waals surface area (Å²) in [5.74, 6) is -0.235. The van der Waals surface area contributed by atoms with Crippen LogP contribution in [0, 0.1) is 5.82 Å². The van der Waals surface area contributed by atoms with E-state index in [1.54, 1.807) is 0 Å². The zero-order chi connectivity index (χ0) is 14.8. The van der Waals surface area contributed by atoms with Gasteiger partial charge in [-0.3, -0.25) is 9.78 Å². The third kappa shape index (κ3) is 2.42. The molecule has 2 heterocycles. The van der Waals surface area contributed by atoms with E-state index < -0.39 is 5.82 Å². The number of Topliss-reactive ketones (excluding diaryl/α,β-unsaturated/α-hetero) is 1. The first-order valence-electron chi connectivity index (χ1n) is 6.77. The van der Waals surface area contributed by atoms with Crippen molar-refractivity contribution in [3.63, 3.8) is 0 Å². The van der Waals surface area contributed by atoms with Gasteiger partial charge in [0.1, 0.15) is 5.82 Å². The molecule has 106 valence electrons. The molecule has 0 saturated carbocycles. The van der Waals surface area contributed by atoms with Crippen molar-refractivity contribution in [3.8, 4) is 0 Å². The van der Waals surface area contributed by atoms with Gasteiger partial charge in [0.05, 0.1) is 29.2 Å². The van der Waals surface area contributed by atoms with Gasteiger partial charge in [0.2, 0.25) is 0 Å². The SMILES string of the molecule is CCn1c(CC(=O)c2ccncc2F)nc2ccccc21. The maximum Gasteiger partial charge on any atom is 0.173 e. The molecule has 0 atom stereocenters. The summed E-state index contributed by atoms with van der Waals surface area (Å²) in [5, 5.41) is 0. The molecule has 0 spiro atoms. The Labute approximate surface area is 121 Å². The Bertz CT molecular complexity index is 810. The van der Waals surface area contributed by atoms with Crippen LogP contribution in [0.25, 0.3) is 11.0 Å². The van der Waals surface area contributed by atoms with Crippen LogP contribution in [0.3, 0.4) is 0 Å². The molecule has 0 saturated heterocycles. The molecule has 21 heavy (non-hydrogen) atoms. The van der Waals surface area contributed by atoms with Gasteiger partial charge >= 0.3 is 0 Å². The number of fused-ring (bicyclic) bond motifs is 1. The lowest BCUT2D eigenvalue weighted by Gasteiger charge is -2.06. The number of benzene rings is 1. The minimum Gasteiger partial charge on any atom is -0.328 e. The highest BCUT2D eigenvalue weighted by Crippen LogP contribution is 2.18. The number of imidazole rings is 1. The summed E-state index contributed by atoms with van der Waals surface area (Å²) in [6.45, 7) is 2.71. The van der Waals surface area contributed by atoms with Crippen molar-refractivity contribution in [1.82, 2.24) is 14.5 Å². The number of aryl methyl sites for hydroxylation is 1. The van der Waals surface area contributed by atoms with Crippen LogP contribution >= 0.6 is 0 Å². The fourth-order valence-electron chi connectivity index (χ4n) is 2.45. The van der Waals surface area contributed by atoms with E-state index in [-0.39, 0.29) is 17.8 Å². The molecule has 0 bridgehead atoms. The number of ketones is 1. The summed E-state index contributed by atoms with van der Waals surface area (Å²) < 4.78 is 15.6. The molecule has 0 amide bonds. The third-order valence-corrected chi connectivity index (χ3v) is 3.44. The molecule has 0 unspecified atom stereocenters. The number of nitrogens with zero attached hydrogens (tertiary/aromatic N) is 3. The molecule has 4 nitrogen and oxygen atoms in total. The molecule has 3 rings (SSSR count). The van der Waals surface area contributed by atoms with Crippen molar-refractivity contribution in [3.05, 3.63) is 59.9 Å². The number of carbonyl (C=O) groups excluding carboxylic acids is 1. The third-order valence-electron chi connectivity index (χ3n) is 3.44. The molecule has 0 aliphatic heterocycles. The van der Waals surface area contributed by atoms with Gasteiger partial charge in [-0.25, -0.2) is 9.37 Å². The van der Waals surface area contributed by atoms with Gasteiger partial charge < -0.3 is 4.57 Å². The highest BCUT2D eigenvalue weighted by atomic mass is 19.1. The maximum absolute atomic E-state index is 13.6. The van der Waals surface area contributed by atoms with Gasteiger partial charge in [-0.2, -0.15) is 0 Å². The average Bonchev–Trinajstić information content (AvgIpc) is 2.84. The lowest BCUT2D eigenvalue weighted by molar-refractivity contribution is 0.0986. The predicted octanol–water partition coefficient (Wildman–Crippen LogP) is 3.02. The second-order valence-electron chi connectivity index (χ2n) is 4.72. The first kappa shape index (κ1) is 13.4. The Morgan fingerprint density at radius 1 is 1.29 bits per heavy atom. The molecule has 0 aliphatic carbocycles. The fraction of sp³-hybridized carbons (Fsp3) is 0.188. The number of para-hydroxylation sites is 2. The number of pyridine rings is 1. The molecule has 2 aromatic heterocycles. The van der Waals surface area contributed by atoms with Crippen molar-refractivity contribution < 1.29 is 9.18 Å². The quantitative estimate of drug-likeness (QED) is 0.691. The van der Waals surface area contributed by atoms with E-state index in [1.807, 2.05) is 35.8 Å². The van der Waals surface area contributed by atoms with Gasteiger partial charge in [0, 0.05) is 12.7 Å². The van der Waals surface area contributed by atoms with Gasteiger partial charge in [0.25, 0.3) is 0 Å². The number of rotatable bonds is 4. The molecule has 0 radical (unpaired) electrons. The van der Waals surface area contributed by atoms with E-state index in [4.69, 9.17) is 0 Å². The minimum atomic E-state index is -0.596. The number of carbonyl (C=O) groups is 1. The standard InChI is InChI=1S/C16H14FN3O/c1-2-20-14-6-4-3-5-13(14)19-16(20)9-15(21)11-7-8-18-10-12(11)17/h3-8,10H,2,9H2,1H3. The molecule has 5 heteroatoms. The molecule has 3 aromatic rings. The Hall–Kier alpha value is -2.56. The molecule has 0 N–H and O–H groups in total. The van der Waals surface area contributed by atoms with Crippen molar-refractivity contribution in [2.75, 3.05) is 0 Å². The molecule has 1 aromatic carbocycles. The van der Waals surface area contributed by atoms with Crippen LogP contribution in [0.5, 0.6) is 0 Å². The summed E-state index contributed by atoms with van der Waals surface area (Å²) in [5.41, 5.74) is 1.88. The van der Waals surface area contributed by atoms with Crippen LogP contribution in [0.1, 0.15) is 23.1 Å². The average molecular weight is 283 g/mol. The highest BCUT2D eigenvalue weighted by Gasteiger charge is 2.16. The van der Waals surface area contributed by atoms with E-state index in [0.29, 0.717) is 12.4 Å². The number of aromatic nitrogens is 3. The van der Waals surface area contributed by atoms with Crippen molar-refractivity contribution in [2.45, 2.75) is 19.9 Å². The van der Waals surface area contributed by atoms with Gasteiger partial charge in [-0.1, -0.05) is 12.1 Å². The first-order valence-corrected chi connectivity index (χ1v) is 6.77. The van der Waals surface area contributed by atoms with Crippen LogP contribution in [-0.4, -0.2) is 20.3 Å². The van der Waals surface area contributed by atoms with E-state index in [0.717, 1.165) is 17.2 Å². The molecular formula is C16H14FN3O. The van der Waals surface area contributed by atoms with Crippen molar-refractivity contribution in [1.29, 1.82) is 0 Å². The highest BCUT2D eigenvalue weighted by molar-refractivity contribution is 5.97. The van der Waals surface area contributed by atoms with Crippen LogP contribution in [0.15, 0.2) is 42.7 Å². The number of halogens is 1. The summed E-state index contributed by atoms with van der Waals surface area (Å²) in [7, 11) is 0. The summed E-state index contributed by atoms with van der Waals surface area (Å²) in [6, 6.07) is 9.11. The fourth-order valence-corrected chi connectivity index (χ4v) is 2.45. The Morgan fingerprint density at radius 2 is 2.10 bits per heavy atom. The smallest absolute Gasteiger partial charge is 0.173 e. The largest absolute Gasteiger partial charge is 0.328 e. The zero-order valence-corrected chi connectivity index (χ0v) is 11.6. The van der Waals surface area contributed by atoms with Gasteiger partial charge in [-0.15, -0.1) is 0 Å². The minimum absolute atomic E-state index is 0.0553. The number of hydrogen-bond donors (Lipinski definition) is 0. The summed E-state index contributed by atoms with van der Waals surface area (Å²) >= 11 is 0. The first-order chi connectivity index (χ1) is 10.2. The topological polar surface area (TPSA) is 47.8 Å². The lowest BCUT2D eigenvalue weighted by atomic mass is 10.1. The summed E-state index contributed by atoms with van der Waals surface area (Å²) in [4.78, 5) is 20.4. The zero-order valence-electron chi connectivity index (χ0n) is 11.6. The summed E-state index contributed by atoms with van der Waals surface area (Å²) in [6.07, 6.45) is 2.54. The maximum atomic E-state index is 13.6. The second kappa shape index (κ2) is 5.44. The molecular weight excluding hydrogens is 269 g/mol. The van der Waals surface area contributed by atoms with E-state index in [9.17, 15) is 9.18 Å². The predicted molar refractivity (Wildman–Crippen MR) is 77.6 cm³/mol. The van der Waals surface area contributed by atoms with E-state index in [2.05, 4.69) is 9.97 Å². The Balaban J connectivity index is 1.98. The van der Waals surface area contributed by atoms with Crippen molar-refractivity contribution in [2.24, 2.45) is 0 Å². The molecule has 0 fully saturated rings. The van der Waals surface area contributed by atoms with Crippen LogP contribution in [-0.2, 0) is 13.0 Å². The monoisotopic (exact) mass is 283 g/mol. The number of hydrogen-bond acceptors (Lipinski definition) is 3. The second-order valence-corrected chi connectivity index (χ2v) is 4.72. The Kier molecular flexibility index (Phi) is 3.48. The van der Waals surface area contributed by atoms with Gasteiger partial charge in [0.15, 0.2) is 11.6 Å². The van der Waals surface area contributed by atoms with E-state index in [1.165, 1.54) is 12.3 Å². The van der Waals surface area contributed by atoms with Crippen LogP contribution in [0.4, 0.5) is 4.39 Å². The molecule has 0 aliphatic rings. The van der Waals surface area contributed by atoms with Crippen molar-refractivity contribution >= 4 is 16.8 Å². The van der Waals surface area contributed by atoms with E-state index >= 15 is 0 Å². The van der Waals surface area contributed by atoms with Crippen LogP contribution in [0.2, 0.25) is 0 Å². The van der Waals surface area contributed by atoms with Crippen LogP contribution < -0.4 is 0 Å². The Morgan fingerprint density at radius 3 is 2.86 bits per heavy atom. The normalized spacial score (nSPS) is 11.0.